The molecule has 0 aromatic heterocycles. The molecule has 1 heterocycles. The first kappa shape index (κ1) is 12.0. The molecule has 1 aliphatic heterocycles. The predicted octanol–water partition coefficient (Wildman–Crippen LogP) is 0.697. The summed E-state index contributed by atoms with van der Waals surface area (Å²) in [4.78, 5) is 11.7. The van der Waals surface area contributed by atoms with Crippen LogP contribution in [0.2, 0.25) is 0 Å². The van der Waals surface area contributed by atoms with Gasteiger partial charge >= 0.3 is 0 Å². The molecular formula is C12H16FN3O. The number of hydrogen-bond acceptors (Lipinski definition) is 3. The second-order valence-corrected chi connectivity index (χ2v) is 4.31. The molecule has 5 heteroatoms. The lowest BCUT2D eigenvalue weighted by atomic mass is 10.1. The first-order valence-corrected chi connectivity index (χ1v) is 5.69. The topological polar surface area (TPSA) is 53.2 Å². The summed E-state index contributed by atoms with van der Waals surface area (Å²) >= 11 is 0. The molecule has 1 aliphatic rings. The molecule has 1 fully saturated rings. The van der Waals surface area contributed by atoms with Gasteiger partial charge in [-0.1, -0.05) is 18.2 Å². The summed E-state index contributed by atoms with van der Waals surface area (Å²) in [5, 5.41) is 2.81. The molecule has 1 aromatic carbocycles. The second kappa shape index (κ2) is 5.25. The number of hydrogen-bond donors (Lipinski definition) is 3. The van der Waals surface area contributed by atoms with Gasteiger partial charge in [0.25, 0.3) is 0 Å². The highest BCUT2D eigenvalue weighted by Crippen LogP contribution is 2.07. The Morgan fingerprint density at radius 2 is 2.24 bits per heavy atom. The molecule has 2 rings (SSSR count). The predicted molar refractivity (Wildman–Crippen MR) is 62.4 cm³/mol. The van der Waals surface area contributed by atoms with Gasteiger partial charge in [0.15, 0.2) is 0 Å². The lowest BCUT2D eigenvalue weighted by Gasteiger charge is -2.12. The van der Waals surface area contributed by atoms with Crippen LogP contribution < -0.4 is 16.2 Å². The zero-order valence-electron chi connectivity index (χ0n) is 9.66. The molecule has 2 atom stereocenters. The average molecular weight is 237 g/mol. The molecule has 4 nitrogen and oxygen atoms in total. The van der Waals surface area contributed by atoms with Crippen LogP contribution in [0.5, 0.6) is 0 Å². The third-order valence-electron chi connectivity index (χ3n) is 2.74. The van der Waals surface area contributed by atoms with E-state index in [1.807, 2.05) is 6.92 Å². The molecule has 92 valence electrons. The van der Waals surface area contributed by atoms with Crippen LogP contribution in [-0.2, 0) is 11.2 Å². The summed E-state index contributed by atoms with van der Waals surface area (Å²) < 4.78 is 13.3. The minimum atomic E-state index is -0.339. The minimum Gasteiger partial charge on any atom is -0.339 e. The van der Waals surface area contributed by atoms with Gasteiger partial charge in [-0.3, -0.25) is 10.2 Å². The minimum absolute atomic E-state index is 0.0687. The van der Waals surface area contributed by atoms with Crippen LogP contribution in [0.3, 0.4) is 0 Å². The summed E-state index contributed by atoms with van der Waals surface area (Å²) in [6, 6.07) is 6.65. The van der Waals surface area contributed by atoms with E-state index < -0.39 is 0 Å². The summed E-state index contributed by atoms with van der Waals surface area (Å²) in [6.07, 6.45) is 0.812. The molecule has 0 saturated carbocycles. The highest BCUT2D eigenvalue weighted by atomic mass is 19.1. The van der Waals surface area contributed by atoms with Crippen molar-refractivity contribution in [2.45, 2.75) is 32.0 Å². The standard InChI is InChI=1S/C12H16FN3O/c1-8-6-11(16-15-8)14-12(17)7-9-4-2-3-5-10(9)13/h2-5,8,11,15-16H,6-7H2,1H3,(H,14,17). The fraction of sp³-hybridized carbons (Fsp3) is 0.417. The smallest absolute Gasteiger partial charge is 0.225 e. The number of amides is 1. The Balaban J connectivity index is 1.87. The lowest BCUT2D eigenvalue weighted by Crippen LogP contribution is -2.44. The number of benzene rings is 1. The molecule has 0 aliphatic carbocycles. The van der Waals surface area contributed by atoms with E-state index in [1.54, 1.807) is 18.2 Å². The van der Waals surface area contributed by atoms with Crippen molar-refractivity contribution in [1.29, 1.82) is 0 Å². The summed E-state index contributed by atoms with van der Waals surface area (Å²) in [7, 11) is 0. The van der Waals surface area contributed by atoms with Crippen LogP contribution in [0.25, 0.3) is 0 Å². The van der Waals surface area contributed by atoms with Crippen LogP contribution in [0.1, 0.15) is 18.9 Å². The van der Waals surface area contributed by atoms with Gasteiger partial charge in [0.2, 0.25) is 5.91 Å². The Labute approximate surface area is 99.6 Å². The number of carbonyl (C=O) groups excluding carboxylic acids is 1. The van der Waals surface area contributed by atoms with Gasteiger partial charge in [-0.25, -0.2) is 9.82 Å². The lowest BCUT2D eigenvalue weighted by molar-refractivity contribution is -0.121. The zero-order chi connectivity index (χ0) is 12.3. The fourth-order valence-corrected chi connectivity index (χ4v) is 1.87. The van der Waals surface area contributed by atoms with Crippen LogP contribution in [0.15, 0.2) is 24.3 Å². The third-order valence-corrected chi connectivity index (χ3v) is 2.74. The molecule has 2 unspecified atom stereocenters. The maximum absolute atomic E-state index is 13.3. The van der Waals surface area contributed by atoms with Crippen molar-refractivity contribution >= 4 is 5.91 Å². The monoisotopic (exact) mass is 237 g/mol. The van der Waals surface area contributed by atoms with Gasteiger partial charge in [-0.2, -0.15) is 0 Å². The molecular weight excluding hydrogens is 221 g/mol. The zero-order valence-corrected chi connectivity index (χ0v) is 9.66. The molecule has 0 radical (unpaired) electrons. The number of rotatable bonds is 3. The molecule has 0 bridgehead atoms. The van der Waals surface area contributed by atoms with Gasteiger partial charge in [-0.15, -0.1) is 0 Å². The maximum Gasteiger partial charge on any atom is 0.225 e. The Hall–Kier alpha value is -1.46. The van der Waals surface area contributed by atoms with Crippen molar-refractivity contribution < 1.29 is 9.18 Å². The molecule has 1 saturated heterocycles. The van der Waals surface area contributed by atoms with Gasteiger partial charge < -0.3 is 5.32 Å². The second-order valence-electron chi connectivity index (χ2n) is 4.31. The normalized spacial score (nSPS) is 23.6. The highest BCUT2D eigenvalue weighted by Gasteiger charge is 2.21. The Morgan fingerprint density at radius 1 is 1.47 bits per heavy atom. The van der Waals surface area contributed by atoms with Crippen molar-refractivity contribution in [2.75, 3.05) is 0 Å². The van der Waals surface area contributed by atoms with E-state index in [1.165, 1.54) is 6.07 Å². The SMILES string of the molecule is CC1CC(NC(=O)Cc2ccccc2F)NN1. The Morgan fingerprint density at radius 3 is 2.88 bits per heavy atom. The summed E-state index contributed by atoms with van der Waals surface area (Å²) in [5.41, 5.74) is 6.39. The van der Waals surface area contributed by atoms with Crippen molar-refractivity contribution in [1.82, 2.24) is 16.2 Å². The molecule has 1 aromatic rings. The number of nitrogens with one attached hydrogen (secondary N) is 3. The van der Waals surface area contributed by atoms with Gasteiger partial charge in [0, 0.05) is 6.04 Å². The quantitative estimate of drug-likeness (QED) is 0.725. The number of carbonyl (C=O) groups is 1. The van der Waals surface area contributed by atoms with E-state index in [4.69, 9.17) is 0 Å². The van der Waals surface area contributed by atoms with Crippen LogP contribution in [-0.4, -0.2) is 18.1 Å². The van der Waals surface area contributed by atoms with Gasteiger partial charge in [0.1, 0.15) is 5.82 Å². The first-order chi connectivity index (χ1) is 8.15. The number of halogens is 1. The van der Waals surface area contributed by atoms with E-state index in [9.17, 15) is 9.18 Å². The first-order valence-electron chi connectivity index (χ1n) is 5.69. The van der Waals surface area contributed by atoms with Gasteiger partial charge in [0.05, 0.1) is 12.6 Å². The van der Waals surface area contributed by atoms with Crippen molar-refractivity contribution in [2.24, 2.45) is 0 Å². The Bertz CT molecular complexity index is 410. The van der Waals surface area contributed by atoms with Crippen molar-refractivity contribution in [3.8, 4) is 0 Å². The molecule has 17 heavy (non-hydrogen) atoms. The van der Waals surface area contributed by atoms with Crippen LogP contribution in [0.4, 0.5) is 4.39 Å². The van der Waals surface area contributed by atoms with E-state index in [0.29, 0.717) is 11.6 Å². The molecule has 3 N–H and O–H groups in total. The van der Waals surface area contributed by atoms with E-state index in [2.05, 4.69) is 16.2 Å². The molecule has 1 amide bonds. The van der Waals surface area contributed by atoms with E-state index >= 15 is 0 Å². The van der Waals surface area contributed by atoms with Crippen LogP contribution >= 0.6 is 0 Å². The number of hydrazine groups is 1. The largest absolute Gasteiger partial charge is 0.339 e. The van der Waals surface area contributed by atoms with Crippen molar-refractivity contribution in [3.63, 3.8) is 0 Å². The van der Waals surface area contributed by atoms with E-state index in [-0.39, 0.29) is 24.3 Å². The third kappa shape index (κ3) is 3.25. The summed E-state index contributed by atoms with van der Waals surface area (Å²) in [5.74, 6) is -0.517. The van der Waals surface area contributed by atoms with Crippen molar-refractivity contribution in [3.05, 3.63) is 35.6 Å². The molecule has 0 spiro atoms. The summed E-state index contributed by atoms with van der Waals surface area (Å²) in [6.45, 7) is 2.02. The van der Waals surface area contributed by atoms with Gasteiger partial charge in [-0.05, 0) is 25.0 Å². The highest BCUT2D eigenvalue weighted by molar-refractivity contribution is 5.78. The Kier molecular flexibility index (Phi) is 3.71. The van der Waals surface area contributed by atoms with Crippen LogP contribution in [0, 0.1) is 5.82 Å². The maximum atomic E-state index is 13.3. The average Bonchev–Trinajstić information content (AvgIpc) is 2.67. The fourth-order valence-electron chi connectivity index (χ4n) is 1.87. The van der Waals surface area contributed by atoms with E-state index in [0.717, 1.165) is 6.42 Å².